The van der Waals surface area contributed by atoms with E-state index in [1.165, 1.54) is 0 Å². The van der Waals surface area contributed by atoms with Crippen LogP contribution in [-0.4, -0.2) is 17.1 Å². The number of hydrogen-bond acceptors (Lipinski definition) is 5. The summed E-state index contributed by atoms with van der Waals surface area (Å²) in [4.78, 5) is 21.1. The number of hydrogen-bond donors (Lipinski definition) is 0. The number of rotatable bonds is 3. The van der Waals surface area contributed by atoms with Gasteiger partial charge >= 0.3 is 5.63 Å². The highest BCUT2D eigenvalue weighted by Crippen LogP contribution is 2.21. The van der Waals surface area contributed by atoms with Crippen molar-refractivity contribution in [1.82, 2.24) is 9.97 Å². The van der Waals surface area contributed by atoms with Crippen LogP contribution in [0.2, 0.25) is 0 Å². The van der Waals surface area contributed by atoms with Gasteiger partial charge in [-0.05, 0) is 29.8 Å². The molecule has 0 aliphatic heterocycles. The highest BCUT2D eigenvalue weighted by atomic mass is 16.5. The van der Waals surface area contributed by atoms with E-state index in [1.807, 2.05) is 42.5 Å². The third-order valence-electron chi connectivity index (χ3n) is 3.88. The Balaban J connectivity index is 1.82. The van der Waals surface area contributed by atoms with Gasteiger partial charge in [0.2, 0.25) is 0 Å². The molecule has 0 atom stereocenters. The maximum atomic E-state index is 12.2. The number of aromatic nitrogens is 2. The molecule has 0 saturated heterocycles. The zero-order valence-corrected chi connectivity index (χ0v) is 13.0. The summed E-state index contributed by atoms with van der Waals surface area (Å²) < 4.78 is 10.6. The van der Waals surface area contributed by atoms with E-state index in [0.29, 0.717) is 23.2 Å². The molecule has 4 rings (SSSR count). The van der Waals surface area contributed by atoms with Gasteiger partial charge in [-0.1, -0.05) is 24.3 Å². The second kappa shape index (κ2) is 5.77. The van der Waals surface area contributed by atoms with E-state index in [2.05, 4.69) is 9.97 Å². The van der Waals surface area contributed by atoms with Crippen molar-refractivity contribution in [1.29, 1.82) is 0 Å². The molecule has 0 radical (unpaired) electrons. The topological polar surface area (TPSA) is 65.2 Å². The lowest BCUT2D eigenvalue weighted by Gasteiger charge is -2.06. The van der Waals surface area contributed by atoms with E-state index >= 15 is 0 Å². The van der Waals surface area contributed by atoms with Crippen molar-refractivity contribution in [2.24, 2.45) is 0 Å². The van der Waals surface area contributed by atoms with E-state index in [1.54, 1.807) is 19.4 Å². The van der Waals surface area contributed by atoms with E-state index in [0.717, 1.165) is 16.7 Å². The quantitative estimate of drug-likeness (QED) is 0.428. The van der Waals surface area contributed by atoms with Gasteiger partial charge in [0.15, 0.2) is 5.52 Å². The number of para-hydroxylation sites is 1. The molecule has 0 fully saturated rings. The molecule has 0 saturated carbocycles. The lowest BCUT2D eigenvalue weighted by Crippen LogP contribution is -2.06. The van der Waals surface area contributed by atoms with Crippen molar-refractivity contribution >= 4 is 22.0 Å². The van der Waals surface area contributed by atoms with Crippen LogP contribution in [0.4, 0.5) is 0 Å². The maximum absolute atomic E-state index is 12.2. The molecular weight excluding hydrogens is 304 g/mol. The smallest absolute Gasteiger partial charge is 0.364 e. The zero-order chi connectivity index (χ0) is 16.5. The monoisotopic (exact) mass is 318 g/mol. The summed E-state index contributed by atoms with van der Waals surface area (Å²) in [5, 5.41) is 0.785. The van der Waals surface area contributed by atoms with Gasteiger partial charge < -0.3 is 9.15 Å². The fourth-order valence-corrected chi connectivity index (χ4v) is 2.74. The Morgan fingerprint density at radius 3 is 2.83 bits per heavy atom. The minimum Gasteiger partial charge on any atom is -0.497 e. The number of nitrogens with zero attached hydrogens (tertiary/aromatic N) is 2. The van der Waals surface area contributed by atoms with Crippen LogP contribution < -0.4 is 10.4 Å². The summed E-state index contributed by atoms with van der Waals surface area (Å²) in [6, 6.07) is 15.1. The van der Waals surface area contributed by atoms with E-state index in [4.69, 9.17) is 9.15 Å². The lowest BCUT2D eigenvalue weighted by molar-refractivity contribution is 0.414. The number of ether oxygens (including phenoxy) is 1. The highest BCUT2D eigenvalue weighted by molar-refractivity contribution is 5.99. The maximum Gasteiger partial charge on any atom is 0.364 e. The van der Waals surface area contributed by atoms with Crippen molar-refractivity contribution < 1.29 is 9.15 Å². The predicted molar refractivity (Wildman–Crippen MR) is 91.4 cm³/mol. The Labute approximate surface area is 137 Å². The van der Waals surface area contributed by atoms with Crippen molar-refractivity contribution in [2.45, 2.75) is 6.42 Å². The molecule has 2 heterocycles. The number of benzene rings is 2. The fraction of sp³-hybridized carbons (Fsp3) is 0.105. The van der Waals surface area contributed by atoms with Crippen LogP contribution in [0.15, 0.2) is 63.9 Å². The second-order valence-electron chi connectivity index (χ2n) is 5.47. The molecule has 0 bridgehead atoms. The summed E-state index contributed by atoms with van der Waals surface area (Å²) in [5.41, 5.74) is 2.62. The van der Waals surface area contributed by atoms with Crippen LogP contribution in [0.5, 0.6) is 5.75 Å². The molecule has 24 heavy (non-hydrogen) atoms. The van der Waals surface area contributed by atoms with Crippen LogP contribution in [0.1, 0.15) is 11.3 Å². The summed E-state index contributed by atoms with van der Waals surface area (Å²) in [5.74, 6) is 0.784. The largest absolute Gasteiger partial charge is 0.497 e. The normalized spacial score (nSPS) is 11.0. The van der Waals surface area contributed by atoms with Crippen LogP contribution >= 0.6 is 0 Å². The van der Waals surface area contributed by atoms with Gasteiger partial charge in [0, 0.05) is 18.0 Å². The predicted octanol–water partition coefficient (Wildman–Crippen LogP) is 3.34. The molecule has 5 heteroatoms. The van der Waals surface area contributed by atoms with Crippen LogP contribution in [0.3, 0.4) is 0 Å². The third kappa shape index (κ3) is 2.50. The Morgan fingerprint density at radius 2 is 1.96 bits per heavy atom. The highest BCUT2D eigenvalue weighted by Gasteiger charge is 2.11. The lowest BCUT2D eigenvalue weighted by atomic mass is 10.1. The first kappa shape index (κ1) is 14.4. The van der Waals surface area contributed by atoms with E-state index in [9.17, 15) is 4.79 Å². The van der Waals surface area contributed by atoms with Gasteiger partial charge in [0.05, 0.1) is 12.8 Å². The van der Waals surface area contributed by atoms with Gasteiger partial charge in [0.1, 0.15) is 16.8 Å². The average molecular weight is 318 g/mol. The Kier molecular flexibility index (Phi) is 3.46. The number of fused-ring (bicyclic) bond motifs is 3. The zero-order valence-electron chi connectivity index (χ0n) is 13.0. The first-order valence-corrected chi connectivity index (χ1v) is 7.55. The van der Waals surface area contributed by atoms with Gasteiger partial charge in [-0.15, -0.1) is 0 Å². The molecule has 0 N–H and O–H groups in total. The van der Waals surface area contributed by atoms with Gasteiger partial charge in [-0.2, -0.15) is 0 Å². The first-order chi connectivity index (χ1) is 11.7. The van der Waals surface area contributed by atoms with E-state index < -0.39 is 5.63 Å². The minimum absolute atomic E-state index is 0.258. The molecular formula is C19H14N2O3. The van der Waals surface area contributed by atoms with Crippen LogP contribution in [0, 0.1) is 0 Å². The summed E-state index contributed by atoms with van der Waals surface area (Å²) in [6.07, 6.45) is 2.26. The molecule has 0 aliphatic carbocycles. The van der Waals surface area contributed by atoms with Crippen molar-refractivity contribution in [2.75, 3.05) is 7.11 Å². The van der Waals surface area contributed by atoms with Gasteiger partial charge in [-0.3, -0.25) is 4.98 Å². The summed E-state index contributed by atoms with van der Waals surface area (Å²) >= 11 is 0. The molecule has 4 aromatic rings. The molecule has 2 aromatic carbocycles. The standard InChI is InChI=1S/C19H14N2O3/c1-23-14-6-4-5-12(10-14)9-13-11-20-17-15-7-2-3-8-16(15)24-19(22)18(17)21-13/h2-8,10-11H,9H2,1H3. The molecule has 0 unspecified atom stereocenters. The minimum atomic E-state index is -0.469. The SMILES string of the molecule is COc1cccc(Cc2cnc3c(n2)c(=O)oc2ccccc23)c1. The third-order valence-corrected chi connectivity index (χ3v) is 3.88. The molecule has 0 aliphatic rings. The molecule has 2 aromatic heterocycles. The molecule has 0 spiro atoms. The Hall–Kier alpha value is -3.21. The molecule has 0 amide bonds. The van der Waals surface area contributed by atoms with Crippen LogP contribution in [0.25, 0.3) is 22.0 Å². The first-order valence-electron chi connectivity index (χ1n) is 7.55. The van der Waals surface area contributed by atoms with Crippen molar-refractivity contribution in [3.05, 3.63) is 76.4 Å². The Morgan fingerprint density at radius 1 is 1.08 bits per heavy atom. The number of methoxy groups -OCH3 is 1. The summed E-state index contributed by atoms with van der Waals surface area (Å²) in [6.45, 7) is 0. The average Bonchev–Trinajstić information content (AvgIpc) is 2.62. The Bertz CT molecular complexity index is 1100. The van der Waals surface area contributed by atoms with E-state index in [-0.39, 0.29) is 5.52 Å². The fourth-order valence-electron chi connectivity index (χ4n) is 2.74. The second-order valence-corrected chi connectivity index (χ2v) is 5.47. The van der Waals surface area contributed by atoms with Crippen molar-refractivity contribution in [3.63, 3.8) is 0 Å². The summed E-state index contributed by atoms with van der Waals surface area (Å²) in [7, 11) is 1.63. The molecule has 5 nitrogen and oxygen atoms in total. The van der Waals surface area contributed by atoms with Gasteiger partial charge in [-0.25, -0.2) is 9.78 Å². The van der Waals surface area contributed by atoms with Crippen LogP contribution in [-0.2, 0) is 6.42 Å². The van der Waals surface area contributed by atoms with Crippen molar-refractivity contribution in [3.8, 4) is 5.75 Å². The van der Waals surface area contributed by atoms with Gasteiger partial charge in [0.25, 0.3) is 0 Å². The molecule has 118 valence electrons.